The van der Waals surface area contributed by atoms with Crippen molar-refractivity contribution in [2.75, 3.05) is 36.4 Å². The van der Waals surface area contributed by atoms with E-state index in [2.05, 4.69) is 10.2 Å². The molecule has 0 bridgehead atoms. The van der Waals surface area contributed by atoms with E-state index in [9.17, 15) is 9.59 Å². The molecular formula is C25H31Cl2N3O3. The molecule has 0 aromatic heterocycles. The third kappa shape index (κ3) is 6.33. The molecule has 1 N–H and O–H groups in total. The second kappa shape index (κ2) is 9.82. The Balaban J connectivity index is 1.62. The average molecular weight is 492 g/mol. The number of nitrogens with zero attached hydrogens (tertiary/aromatic N) is 2. The Labute approximate surface area is 205 Å². The highest BCUT2D eigenvalue weighted by atomic mass is 35.5. The molecule has 0 radical (unpaired) electrons. The number of nitrogens with one attached hydrogen (secondary N) is 1. The molecule has 0 spiro atoms. The van der Waals surface area contributed by atoms with E-state index < -0.39 is 5.60 Å². The summed E-state index contributed by atoms with van der Waals surface area (Å²) in [4.78, 5) is 29.4. The van der Waals surface area contributed by atoms with Gasteiger partial charge in [0.25, 0.3) is 5.91 Å². The molecule has 178 valence electrons. The number of hydrogen-bond donors (Lipinski definition) is 1. The summed E-state index contributed by atoms with van der Waals surface area (Å²) < 4.78 is 5.85. The smallest absolute Gasteiger partial charge is 0.267 e. The molecule has 0 aliphatic carbocycles. The van der Waals surface area contributed by atoms with E-state index in [1.807, 2.05) is 37.8 Å². The number of carbonyl (C=O) groups excluding carboxylic acids is 2. The van der Waals surface area contributed by atoms with Gasteiger partial charge in [0.05, 0.1) is 10.7 Å². The van der Waals surface area contributed by atoms with Crippen LogP contribution in [0.15, 0.2) is 42.5 Å². The summed E-state index contributed by atoms with van der Waals surface area (Å²) in [7, 11) is 0. The zero-order chi connectivity index (χ0) is 24.4. The van der Waals surface area contributed by atoms with E-state index in [0.29, 0.717) is 47.7 Å². The summed E-state index contributed by atoms with van der Waals surface area (Å²) in [6.45, 7) is 11.9. The standard InChI is InChI=1S/C25H31Cl2N3O3/c1-24(2,3)23(32)30-14-12-29(13-15-30)21-11-8-18(16-20(21)27)28-22(31)25(4,5)33-19-9-6-17(26)7-10-19/h6-11,16H,12-15H2,1-5H3,(H,28,31). The van der Waals surface area contributed by atoms with E-state index in [-0.39, 0.29) is 17.2 Å². The van der Waals surface area contributed by atoms with E-state index in [1.54, 1.807) is 44.2 Å². The van der Waals surface area contributed by atoms with Gasteiger partial charge in [-0.2, -0.15) is 0 Å². The van der Waals surface area contributed by atoms with Gasteiger partial charge in [-0.1, -0.05) is 44.0 Å². The summed E-state index contributed by atoms with van der Waals surface area (Å²) in [5.41, 5.74) is -0.0168. The van der Waals surface area contributed by atoms with Crippen LogP contribution in [0, 0.1) is 5.41 Å². The van der Waals surface area contributed by atoms with Gasteiger partial charge in [-0.15, -0.1) is 0 Å². The molecule has 1 aliphatic heterocycles. The van der Waals surface area contributed by atoms with Crippen molar-refractivity contribution in [2.45, 2.75) is 40.2 Å². The lowest BCUT2D eigenvalue weighted by molar-refractivity contribution is -0.139. The Morgan fingerprint density at radius 2 is 1.52 bits per heavy atom. The molecular weight excluding hydrogens is 461 g/mol. The van der Waals surface area contributed by atoms with Gasteiger partial charge >= 0.3 is 0 Å². The lowest BCUT2D eigenvalue weighted by Gasteiger charge is -2.39. The predicted octanol–water partition coefficient (Wildman–Crippen LogP) is 5.48. The number of anilines is 2. The van der Waals surface area contributed by atoms with Gasteiger partial charge in [-0.05, 0) is 56.3 Å². The van der Waals surface area contributed by atoms with Crippen molar-refractivity contribution in [3.05, 3.63) is 52.5 Å². The Morgan fingerprint density at radius 3 is 2.06 bits per heavy atom. The summed E-state index contributed by atoms with van der Waals surface area (Å²) in [6.07, 6.45) is 0. The van der Waals surface area contributed by atoms with Crippen molar-refractivity contribution in [3.63, 3.8) is 0 Å². The molecule has 1 saturated heterocycles. The van der Waals surface area contributed by atoms with Crippen LogP contribution in [0.2, 0.25) is 10.0 Å². The van der Waals surface area contributed by atoms with E-state index in [4.69, 9.17) is 27.9 Å². The molecule has 1 heterocycles. The Kier molecular flexibility index (Phi) is 7.49. The second-order valence-electron chi connectivity index (χ2n) is 9.72. The molecule has 0 unspecified atom stereocenters. The van der Waals surface area contributed by atoms with Crippen LogP contribution in [0.3, 0.4) is 0 Å². The quantitative estimate of drug-likeness (QED) is 0.600. The lowest BCUT2D eigenvalue weighted by Crippen LogP contribution is -2.51. The molecule has 2 aromatic rings. The van der Waals surface area contributed by atoms with Crippen LogP contribution < -0.4 is 15.0 Å². The van der Waals surface area contributed by atoms with Crippen LogP contribution in [-0.2, 0) is 9.59 Å². The molecule has 3 rings (SSSR count). The minimum atomic E-state index is -1.10. The number of benzene rings is 2. The number of piperazine rings is 1. The van der Waals surface area contributed by atoms with Gasteiger partial charge in [-0.3, -0.25) is 9.59 Å². The normalized spacial score (nSPS) is 14.8. The second-order valence-corrected chi connectivity index (χ2v) is 10.6. The zero-order valence-electron chi connectivity index (χ0n) is 19.7. The lowest BCUT2D eigenvalue weighted by atomic mass is 9.94. The van der Waals surface area contributed by atoms with Crippen molar-refractivity contribution in [2.24, 2.45) is 5.41 Å². The van der Waals surface area contributed by atoms with Crippen molar-refractivity contribution >= 4 is 46.4 Å². The average Bonchev–Trinajstić information content (AvgIpc) is 2.74. The summed E-state index contributed by atoms with van der Waals surface area (Å²) in [6, 6.07) is 12.3. The van der Waals surface area contributed by atoms with Gasteiger partial charge in [0.2, 0.25) is 5.91 Å². The molecule has 1 fully saturated rings. The molecule has 2 aromatic carbocycles. The van der Waals surface area contributed by atoms with Gasteiger partial charge in [0.1, 0.15) is 5.75 Å². The minimum absolute atomic E-state index is 0.162. The third-order valence-corrected chi connectivity index (χ3v) is 6.04. The van der Waals surface area contributed by atoms with Gasteiger partial charge in [-0.25, -0.2) is 0 Å². The minimum Gasteiger partial charge on any atom is -0.478 e. The van der Waals surface area contributed by atoms with Crippen molar-refractivity contribution in [1.82, 2.24) is 4.90 Å². The predicted molar refractivity (Wildman–Crippen MR) is 134 cm³/mol. The first-order valence-corrected chi connectivity index (χ1v) is 11.7. The van der Waals surface area contributed by atoms with Crippen LogP contribution in [0.25, 0.3) is 0 Å². The SMILES string of the molecule is CC(C)(C)C(=O)N1CCN(c2ccc(NC(=O)C(C)(C)Oc3ccc(Cl)cc3)cc2Cl)CC1. The summed E-state index contributed by atoms with van der Waals surface area (Å²) >= 11 is 12.5. The van der Waals surface area contributed by atoms with Gasteiger partial charge in [0.15, 0.2) is 5.60 Å². The van der Waals surface area contributed by atoms with Crippen LogP contribution in [0.4, 0.5) is 11.4 Å². The molecule has 0 saturated carbocycles. The van der Waals surface area contributed by atoms with E-state index in [0.717, 1.165) is 5.69 Å². The van der Waals surface area contributed by atoms with Crippen molar-refractivity contribution < 1.29 is 14.3 Å². The fourth-order valence-electron chi connectivity index (χ4n) is 3.59. The van der Waals surface area contributed by atoms with E-state index >= 15 is 0 Å². The number of hydrogen-bond acceptors (Lipinski definition) is 4. The number of amides is 2. The Hall–Kier alpha value is -2.44. The van der Waals surface area contributed by atoms with E-state index in [1.165, 1.54) is 0 Å². The number of carbonyl (C=O) groups is 2. The third-order valence-electron chi connectivity index (χ3n) is 5.49. The molecule has 2 amide bonds. The van der Waals surface area contributed by atoms with Gasteiger partial charge in [0, 0.05) is 42.3 Å². The Morgan fingerprint density at radius 1 is 0.909 bits per heavy atom. The molecule has 6 nitrogen and oxygen atoms in total. The van der Waals surface area contributed by atoms with Crippen LogP contribution in [-0.4, -0.2) is 48.5 Å². The van der Waals surface area contributed by atoms with Gasteiger partial charge < -0.3 is 19.9 Å². The first-order valence-electron chi connectivity index (χ1n) is 11.0. The maximum Gasteiger partial charge on any atom is 0.267 e. The number of halogens is 2. The number of ether oxygens (including phenoxy) is 1. The van der Waals surface area contributed by atoms with Crippen LogP contribution in [0.5, 0.6) is 5.75 Å². The fraction of sp³-hybridized carbons (Fsp3) is 0.440. The summed E-state index contributed by atoms with van der Waals surface area (Å²) in [5, 5.41) is 4.02. The topological polar surface area (TPSA) is 61.9 Å². The molecule has 0 atom stereocenters. The molecule has 33 heavy (non-hydrogen) atoms. The highest BCUT2D eigenvalue weighted by Gasteiger charge is 2.31. The fourth-order valence-corrected chi connectivity index (χ4v) is 4.02. The highest BCUT2D eigenvalue weighted by molar-refractivity contribution is 6.33. The molecule has 1 aliphatic rings. The maximum atomic E-state index is 12.8. The highest BCUT2D eigenvalue weighted by Crippen LogP contribution is 2.31. The van der Waals surface area contributed by atoms with Crippen LogP contribution in [0.1, 0.15) is 34.6 Å². The zero-order valence-corrected chi connectivity index (χ0v) is 21.3. The Bertz CT molecular complexity index is 1010. The van der Waals surface area contributed by atoms with Crippen molar-refractivity contribution in [3.8, 4) is 5.75 Å². The first kappa shape index (κ1) is 25.2. The summed E-state index contributed by atoms with van der Waals surface area (Å²) in [5.74, 6) is 0.419. The monoisotopic (exact) mass is 491 g/mol. The largest absolute Gasteiger partial charge is 0.478 e. The molecule has 8 heteroatoms. The van der Waals surface area contributed by atoms with Crippen LogP contribution >= 0.6 is 23.2 Å². The maximum absolute atomic E-state index is 12.8. The number of rotatable bonds is 5. The van der Waals surface area contributed by atoms with Crippen molar-refractivity contribution in [1.29, 1.82) is 0 Å². The first-order chi connectivity index (χ1) is 15.4.